The molecule has 0 aromatic carbocycles. The molecule has 2 amide bonds. The zero-order chi connectivity index (χ0) is 31.8. The molecule has 0 bridgehead atoms. The minimum absolute atomic E-state index is 0.0280. The summed E-state index contributed by atoms with van der Waals surface area (Å²) in [5, 5.41) is 6.19. The Labute approximate surface area is 254 Å². The third-order valence-corrected chi connectivity index (χ3v) is 8.90. The van der Waals surface area contributed by atoms with Crippen molar-refractivity contribution in [3.8, 4) is 0 Å². The van der Waals surface area contributed by atoms with E-state index in [2.05, 4.69) is 68.9 Å². The van der Waals surface area contributed by atoms with Crippen molar-refractivity contribution in [3.63, 3.8) is 0 Å². The Morgan fingerprint density at radius 1 is 0.833 bits per heavy atom. The van der Waals surface area contributed by atoms with Crippen molar-refractivity contribution < 1.29 is 28.5 Å². The van der Waals surface area contributed by atoms with E-state index in [0.29, 0.717) is 19.6 Å². The van der Waals surface area contributed by atoms with Crippen molar-refractivity contribution in [3.05, 3.63) is 0 Å². The average Bonchev–Trinajstić information content (AvgIpc) is 3.40. The molecule has 10 heteroatoms. The topological polar surface area (TPSA) is 102 Å². The van der Waals surface area contributed by atoms with Crippen LogP contribution in [0.15, 0.2) is 0 Å². The number of alkyl carbamates (subject to hydrolysis) is 2. The largest absolute Gasteiger partial charge is 0.428 e. The van der Waals surface area contributed by atoms with Crippen molar-refractivity contribution >= 4 is 12.2 Å². The number of amides is 2. The first kappa shape index (κ1) is 34.9. The summed E-state index contributed by atoms with van der Waals surface area (Å²) in [5.74, 6) is 0.546. The van der Waals surface area contributed by atoms with Crippen LogP contribution in [0.5, 0.6) is 0 Å². The highest BCUT2D eigenvalue weighted by molar-refractivity contribution is 5.68. The van der Waals surface area contributed by atoms with Gasteiger partial charge < -0.3 is 29.6 Å². The zero-order valence-corrected chi connectivity index (χ0v) is 28.6. The predicted octanol–water partition coefficient (Wildman–Crippen LogP) is 5.90. The molecule has 1 aliphatic carbocycles. The maximum atomic E-state index is 13.2. The molecule has 2 aliphatic heterocycles. The van der Waals surface area contributed by atoms with E-state index >= 15 is 0 Å². The van der Waals surface area contributed by atoms with Gasteiger partial charge in [0.15, 0.2) is 11.4 Å². The van der Waals surface area contributed by atoms with Crippen LogP contribution in [0.25, 0.3) is 0 Å². The Kier molecular flexibility index (Phi) is 10.6. The van der Waals surface area contributed by atoms with Gasteiger partial charge in [0, 0.05) is 25.7 Å². The quantitative estimate of drug-likeness (QED) is 0.339. The fraction of sp³-hybridized carbons (Fsp3) is 0.938. The summed E-state index contributed by atoms with van der Waals surface area (Å²) in [7, 11) is 0. The molecule has 1 saturated carbocycles. The Balaban J connectivity index is 1.59. The second-order valence-corrected chi connectivity index (χ2v) is 15.9. The van der Waals surface area contributed by atoms with Crippen LogP contribution < -0.4 is 10.6 Å². The lowest BCUT2D eigenvalue weighted by molar-refractivity contribution is -0.143. The lowest BCUT2D eigenvalue weighted by Crippen LogP contribution is -2.55. The van der Waals surface area contributed by atoms with Crippen LogP contribution in [-0.4, -0.2) is 83.8 Å². The Bertz CT molecular complexity index is 953. The molecule has 0 aromatic rings. The van der Waals surface area contributed by atoms with Gasteiger partial charge in [0.05, 0.1) is 12.2 Å². The van der Waals surface area contributed by atoms with Crippen LogP contribution in [0.4, 0.5) is 9.59 Å². The van der Waals surface area contributed by atoms with E-state index in [0.717, 1.165) is 19.3 Å². The van der Waals surface area contributed by atoms with E-state index < -0.39 is 23.6 Å². The molecule has 3 rings (SSSR count). The van der Waals surface area contributed by atoms with Crippen molar-refractivity contribution in [1.82, 2.24) is 20.4 Å². The molecule has 42 heavy (non-hydrogen) atoms. The van der Waals surface area contributed by atoms with Gasteiger partial charge in [0.1, 0.15) is 12.5 Å². The molecule has 3 aliphatic rings. The summed E-state index contributed by atoms with van der Waals surface area (Å²) < 4.78 is 24.1. The van der Waals surface area contributed by atoms with Crippen LogP contribution in [0.2, 0.25) is 0 Å². The first-order valence-corrected chi connectivity index (χ1v) is 15.9. The number of carbonyl (C=O) groups excluding carboxylic acids is 2. The van der Waals surface area contributed by atoms with Gasteiger partial charge in [-0.15, -0.1) is 0 Å². The van der Waals surface area contributed by atoms with E-state index in [1.165, 1.54) is 0 Å². The van der Waals surface area contributed by atoms with Crippen molar-refractivity contribution in [2.75, 3.05) is 19.6 Å². The van der Waals surface area contributed by atoms with Crippen LogP contribution in [-0.2, 0) is 18.9 Å². The third kappa shape index (κ3) is 8.73. The number of hydrogen-bond acceptors (Lipinski definition) is 8. The van der Waals surface area contributed by atoms with Gasteiger partial charge in [0.2, 0.25) is 0 Å². The number of nitrogens with zero attached hydrogens (tertiary/aromatic N) is 2. The molecule has 2 heterocycles. The molecule has 0 aromatic heterocycles. The molecular formula is C32H60N4O6. The maximum absolute atomic E-state index is 13.2. The fourth-order valence-corrected chi connectivity index (χ4v) is 7.52. The second-order valence-electron chi connectivity index (χ2n) is 15.9. The number of ether oxygens (including phenoxy) is 4. The van der Waals surface area contributed by atoms with E-state index in [4.69, 9.17) is 18.9 Å². The average molecular weight is 597 g/mol. The molecule has 10 nitrogen and oxygen atoms in total. The van der Waals surface area contributed by atoms with Gasteiger partial charge in [0.25, 0.3) is 0 Å². The SMILES string of the molecule is CC1CN(C(C)(C)OC(=O)NCC2(C)CC(NC(=O)OC(C)(C)N3CC(C)OC3C(C)C)CC(C)(C)C2)C(C(C)C)O1. The Morgan fingerprint density at radius 2 is 1.29 bits per heavy atom. The van der Waals surface area contributed by atoms with Crippen LogP contribution in [0.3, 0.4) is 0 Å². The van der Waals surface area contributed by atoms with Gasteiger partial charge >= 0.3 is 12.2 Å². The number of carbonyl (C=O) groups is 2. The highest BCUT2D eigenvalue weighted by Gasteiger charge is 2.47. The van der Waals surface area contributed by atoms with E-state index in [1.807, 2.05) is 41.5 Å². The first-order chi connectivity index (χ1) is 19.1. The van der Waals surface area contributed by atoms with Gasteiger partial charge in [-0.3, -0.25) is 0 Å². The summed E-state index contributed by atoms with van der Waals surface area (Å²) in [6.45, 7) is 28.7. The standard InChI is InChI=1S/C32H60N4O6/c1-20(2)25-35(16-22(5)39-25)30(9,10)41-27(37)33-19-32(13)15-24(14-29(7,8)18-32)34-28(38)42-31(11,12)36-17-23(6)40-26(36)21(3)4/h20-26H,14-19H2,1-13H3,(H,33,37)(H,34,38). The van der Waals surface area contributed by atoms with E-state index in [-0.39, 0.29) is 53.4 Å². The van der Waals surface area contributed by atoms with Gasteiger partial charge in [-0.05, 0) is 83.5 Å². The lowest BCUT2D eigenvalue weighted by atomic mass is 9.62. The maximum Gasteiger partial charge on any atom is 0.409 e. The summed E-state index contributed by atoms with van der Waals surface area (Å²) in [5.41, 5.74) is -1.89. The summed E-state index contributed by atoms with van der Waals surface area (Å²) in [6.07, 6.45) is 1.55. The van der Waals surface area contributed by atoms with Crippen LogP contribution >= 0.6 is 0 Å². The minimum Gasteiger partial charge on any atom is -0.428 e. The van der Waals surface area contributed by atoms with Crippen molar-refractivity contribution in [2.45, 2.75) is 151 Å². The molecule has 3 fully saturated rings. The highest BCUT2D eigenvalue weighted by Crippen LogP contribution is 2.46. The van der Waals surface area contributed by atoms with Gasteiger partial charge in [-0.25, -0.2) is 19.4 Å². The second kappa shape index (κ2) is 12.8. The number of rotatable bonds is 9. The Hall–Kier alpha value is -1.62. The summed E-state index contributed by atoms with van der Waals surface area (Å²) >= 11 is 0. The first-order valence-electron chi connectivity index (χ1n) is 15.9. The Morgan fingerprint density at radius 3 is 1.74 bits per heavy atom. The van der Waals surface area contributed by atoms with Gasteiger partial charge in [-0.2, -0.15) is 0 Å². The normalized spacial score (nSPS) is 32.8. The minimum atomic E-state index is -0.817. The summed E-state index contributed by atoms with van der Waals surface area (Å²) in [6, 6.07) is -0.0824. The van der Waals surface area contributed by atoms with Crippen molar-refractivity contribution in [1.29, 1.82) is 0 Å². The van der Waals surface area contributed by atoms with Gasteiger partial charge in [-0.1, -0.05) is 48.5 Å². The molecule has 6 atom stereocenters. The summed E-state index contributed by atoms with van der Waals surface area (Å²) in [4.78, 5) is 30.5. The van der Waals surface area contributed by atoms with E-state index in [1.54, 1.807) is 0 Å². The van der Waals surface area contributed by atoms with Crippen LogP contribution in [0.1, 0.15) is 109 Å². The number of hydrogen-bond donors (Lipinski definition) is 2. The molecule has 2 N–H and O–H groups in total. The smallest absolute Gasteiger partial charge is 0.409 e. The number of nitrogens with one attached hydrogen (secondary N) is 2. The molecular weight excluding hydrogens is 536 g/mol. The molecule has 0 radical (unpaired) electrons. The van der Waals surface area contributed by atoms with E-state index in [9.17, 15) is 9.59 Å². The zero-order valence-electron chi connectivity index (χ0n) is 28.6. The molecule has 6 unspecified atom stereocenters. The predicted molar refractivity (Wildman–Crippen MR) is 164 cm³/mol. The molecule has 2 saturated heterocycles. The van der Waals surface area contributed by atoms with Crippen LogP contribution in [0, 0.1) is 22.7 Å². The monoisotopic (exact) mass is 596 g/mol. The third-order valence-electron chi connectivity index (χ3n) is 8.90. The molecule has 0 spiro atoms. The molecule has 244 valence electrons. The highest BCUT2D eigenvalue weighted by atomic mass is 16.6. The van der Waals surface area contributed by atoms with Crippen molar-refractivity contribution in [2.24, 2.45) is 22.7 Å². The fourth-order valence-electron chi connectivity index (χ4n) is 7.52. The lowest BCUT2D eigenvalue weighted by Gasteiger charge is -2.47.